The van der Waals surface area contributed by atoms with Gasteiger partial charge in [0, 0.05) is 30.0 Å². The van der Waals surface area contributed by atoms with E-state index in [1.165, 1.54) is 25.7 Å². The van der Waals surface area contributed by atoms with Gasteiger partial charge in [-0.2, -0.15) is 0 Å². The molecule has 1 N–H and O–H groups in total. The lowest BCUT2D eigenvalue weighted by molar-refractivity contribution is 0.0948. The van der Waals surface area contributed by atoms with Gasteiger partial charge < -0.3 is 10.1 Å². The van der Waals surface area contributed by atoms with E-state index >= 15 is 0 Å². The molecule has 0 radical (unpaired) electrons. The minimum Gasteiger partial charge on any atom is -0.495 e. The first-order valence-electron chi connectivity index (χ1n) is 6.18. The smallest absolute Gasteiger partial charge is 0.271 e. The van der Waals surface area contributed by atoms with E-state index in [1.54, 1.807) is 12.1 Å². The van der Waals surface area contributed by atoms with Gasteiger partial charge in [0.25, 0.3) is 5.91 Å². The second-order valence-electron chi connectivity index (χ2n) is 4.17. The van der Waals surface area contributed by atoms with Gasteiger partial charge in [0.05, 0.1) is 18.3 Å². The van der Waals surface area contributed by atoms with Crippen molar-refractivity contribution < 1.29 is 9.53 Å². The average molecular weight is 326 g/mol. The highest BCUT2D eigenvalue weighted by atomic mass is 35.5. The minimum atomic E-state index is -0.279. The highest BCUT2D eigenvalue weighted by Crippen LogP contribution is 2.30. The first kappa shape index (κ1) is 15.5. The fraction of sp³-hybridized carbons (Fsp3) is 0.214. The molecule has 0 aliphatic rings. The number of halogens is 2. The van der Waals surface area contributed by atoms with E-state index < -0.39 is 0 Å². The molecule has 0 aliphatic carbocycles. The monoisotopic (exact) mass is 325 g/mol. The van der Waals surface area contributed by atoms with Crippen molar-refractivity contribution in [2.45, 2.75) is 6.42 Å². The lowest BCUT2D eigenvalue weighted by atomic mass is 10.1. The summed E-state index contributed by atoms with van der Waals surface area (Å²) in [6, 6.07) is 3.39. The Morgan fingerprint density at radius 1 is 1.29 bits per heavy atom. The molecule has 2 aromatic rings. The van der Waals surface area contributed by atoms with Crippen LogP contribution in [0.2, 0.25) is 10.0 Å². The Balaban J connectivity index is 1.95. The average Bonchev–Trinajstić information content (AvgIpc) is 2.51. The van der Waals surface area contributed by atoms with Crippen LogP contribution in [0.25, 0.3) is 0 Å². The van der Waals surface area contributed by atoms with Crippen molar-refractivity contribution in [1.29, 1.82) is 0 Å². The number of ether oxygens (including phenoxy) is 1. The van der Waals surface area contributed by atoms with Crippen LogP contribution >= 0.6 is 23.2 Å². The van der Waals surface area contributed by atoms with Crippen molar-refractivity contribution >= 4 is 29.1 Å². The fourth-order valence-corrected chi connectivity index (χ4v) is 2.25. The number of nitrogens with zero attached hydrogens (tertiary/aromatic N) is 2. The molecule has 5 nitrogen and oxygen atoms in total. The quantitative estimate of drug-likeness (QED) is 0.918. The summed E-state index contributed by atoms with van der Waals surface area (Å²) in [5, 5.41) is 3.78. The van der Waals surface area contributed by atoms with Gasteiger partial charge in [0.1, 0.15) is 11.4 Å². The predicted octanol–water partition coefficient (Wildman–Crippen LogP) is 2.76. The number of hydrogen-bond donors (Lipinski definition) is 1. The summed E-state index contributed by atoms with van der Waals surface area (Å²) in [5.41, 5.74) is 1.11. The van der Waals surface area contributed by atoms with Crippen LogP contribution in [0, 0.1) is 0 Å². The number of amides is 1. The van der Waals surface area contributed by atoms with E-state index in [0.717, 1.165) is 5.56 Å². The molecule has 1 heterocycles. The molecule has 7 heteroatoms. The van der Waals surface area contributed by atoms with Gasteiger partial charge in [0.15, 0.2) is 0 Å². The second-order valence-corrected chi connectivity index (χ2v) is 4.99. The molecule has 2 rings (SSSR count). The van der Waals surface area contributed by atoms with Crippen LogP contribution in [0.4, 0.5) is 0 Å². The number of rotatable bonds is 5. The number of nitrogens with one attached hydrogen (secondary N) is 1. The van der Waals surface area contributed by atoms with Crippen molar-refractivity contribution in [2.24, 2.45) is 0 Å². The highest BCUT2D eigenvalue weighted by molar-refractivity contribution is 6.34. The van der Waals surface area contributed by atoms with Crippen LogP contribution in [-0.2, 0) is 6.42 Å². The zero-order valence-electron chi connectivity index (χ0n) is 11.3. The summed E-state index contributed by atoms with van der Waals surface area (Å²) in [7, 11) is 1.53. The standard InChI is InChI=1S/C14H13Cl2N3O2/c1-21-13-7-10(15)9(6-11(13)16)2-3-19-14(20)12-8-17-4-5-18-12/h4-8H,2-3H2,1H3,(H,19,20). The maximum Gasteiger partial charge on any atom is 0.271 e. The zero-order valence-corrected chi connectivity index (χ0v) is 12.8. The van der Waals surface area contributed by atoms with E-state index in [1.807, 2.05) is 0 Å². The normalized spacial score (nSPS) is 10.2. The van der Waals surface area contributed by atoms with Gasteiger partial charge in [-0.25, -0.2) is 4.98 Å². The molecular weight excluding hydrogens is 313 g/mol. The van der Waals surface area contributed by atoms with Gasteiger partial charge in [-0.1, -0.05) is 23.2 Å². The summed E-state index contributed by atoms with van der Waals surface area (Å²) < 4.78 is 5.08. The Kier molecular flexibility index (Phi) is 5.36. The van der Waals surface area contributed by atoms with Crippen molar-refractivity contribution in [1.82, 2.24) is 15.3 Å². The molecule has 0 fully saturated rings. The van der Waals surface area contributed by atoms with Crippen LogP contribution in [0.1, 0.15) is 16.1 Å². The van der Waals surface area contributed by atoms with Crippen LogP contribution in [0.3, 0.4) is 0 Å². The Morgan fingerprint density at radius 2 is 2.10 bits per heavy atom. The maximum atomic E-state index is 11.8. The molecule has 0 aliphatic heterocycles. The summed E-state index contributed by atoms with van der Waals surface area (Å²) in [6.45, 7) is 0.414. The molecule has 1 aromatic heterocycles. The van der Waals surface area contributed by atoms with Gasteiger partial charge >= 0.3 is 0 Å². The third kappa shape index (κ3) is 4.06. The molecule has 21 heavy (non-hydrogen) atoms. The van der Waals surface area contributed by atoms with E-state index in [-0.39, 0.29) is 11.6 Å². The third-order valence-corrected chi connectivity index (χ3v) is 3.44. The lowest BCUT2D eigenvalue weighted by Crippen LogP contribution is -2.26. The summed E-state index contributed by atoms with van der Waals surface area (Å²) >= 11 is 12.2. The number of benzene rings is 1. The number of methoxy groups -OCH3 is 1. The zero-order chi connectivity index (χ0) is 15.2. The Morgan fingerprint density at radius 3 is 2.76 bits per heavy atom. The van der Waals surface area contributed by atoms with Crippen molar-refractivity contribution in [3.63, 3.8) is 0 Å². The predicted molar refractivity (Wildman–Crippen MR) is 81.1 cm³/mol. The molecule has 0 spiro atoms. The lowest BCUT2D eigenvalue weighted by Gasteiger charge is -2.09. The molecule has 1 amide bonds. The fourth-order valence-electron chi connectivity index (χ4n) is 1.74. The topological polar surface area (TPSA) is 64.1 Å². The number of aromatic nitrogens is 2. The van der Waals surface area contributed by atoms with E-state index in [2.05, 4.69) is 15.3 Å². The van der Waals surface area contributed by atoms with Crippen LogP contribution in [0.5, 0.6) is 5.75 Å². The van der Waals surface area contributed by atoms with Crippen LogP contribution in [0.15, 0.2) is 30.7 Å². The molecule has 1 aromatic carbocycles. The van der Waals surface area contributed by atoms with Crippen molar-refractivity contribution in [3.05, 3.63) is 52.0 Å². The molecule has 0 bridgehead atoms. The van der Waals surface area contributed by atoms with Gasteiger partial charge in [-0.3, -0.25) is 9.78 Å². The van der Waals surface area contributed by atoms with Gasteiger partial charge in [-0.05, 0) is 18.1 Å². The van der Waals surface area contributed by atoms with E-state index in [0.29, 0.717) is 28.8 Å². The largest absolute Gasteiger partial charge is 0.495 e. The van der Waals surface area contributed by atoms with Crippen LogP contribution in [-0.4, -0.2) is 29.5 Å². The Hall–Kier alpha value is -1.85. The van der Waals surface area contributed by atoms with E-state index in [9.17, 15) is 4.79 Å². The SMILES string of the molecule is COc1cc(Cl)c(CCNC(=O)c2cnccn2)cc1Cl. The third-order valence-electron chi connectivity index (χ3n) is 2.80. The van der Waals surface area contributed by atoms with Crippen molar-refractivity contribution in [2.75, 3.05) is 13.7 Å². The molecule has 0 unspecified atom stereocenters. The maximum absolute atomic E-state index is 11.8. The number of carbonyl (C=O) groups is 1. The second kappa shape index (κ2) is 7.24. The molecular formula is C14H13Cl2N3O2. The molecule has 0 saturated heterocycles. The summed E-state index contributed by atoms with van der Waals surface area (Å²) in [5.74, 6) is 0.243. The van der Waals surface area contributed by atoms with Crippen molar-refractivity contribution in [3.8, 4) is 5.75 Å². The Labute approximate surface area is 132 Å². The number of hydrogen-bond acceptors (Lipinski definition) is 4. The molecule has 110 valence electrons. The molecule has 0 saturated carbocycles. The first-order chi connectivity index (χ1) is 10.1. The summed E-state index contributed by atoms with van der Waals surface area (Å²) in [4.78, 5) is 19.6. The first-order valence-corrected chi connectivity index (χ1v) is 6.93. The van der Waals surface area contributed by atoms with Crippen LogP contribution < -0.4 is 10.1 Å². The Bertz CT molecular complexity index is 636. The van der Waals surface area contributed by atoms with Gasteiger partial charge in [0.2, 0.25) is 0 Å². The van der Waals surface area contributed by atoms with E-state index in [4.69, 9.17) is 27.9 Å². The number of carbonyl (C=O) groups excluding carboxylic acids is 1. The van der Waals surface area contributed by atoms with Gasteiger partial charge in [-0.15, -0.1) is 0 Å². The molecule has 0 atom stereocenters. The minimum absolute atomic E-state index is 0.274. The summed E-state index contributed by atoms with van der Waals surface area (Å²) in [6.07, 6.45) is 4.94. The highest BCUT2D eigenvalue weighted by Gasteiger charge is 2.09.